The van der Waals surface area contributed by atoms with Gasteiger partial charge in [0.2, 0.25) is 0 Å². The molecule has 6 aromatic rings. The van der Waals surface area contributed by atoms with Crippen molar-refractivity contribution in [1.82, 2.24) is 4.98 Å². The highest BCUT2D eigenvalue weighted by Gasteiger charge is 2.52. The quantitative estimate of drug-likeness (QED) is 0.198. The molecule has 0 fully saturated rings. The fraction of sp³-hybridized carbons (Fsp3) is 0.205. The molecule has 0 radical (unpaired) electrons. The molecule has 1 heteroatoms. The topological polar surface area (TPSA) is 12.9 Å². The van der Waals surface area contributed by atoms with Crippen LogP contribution >= 0.6 is 0 Å². The minimum Gasteiger partial charge on any atom is -0.256 e. The molecule has 1 spiro atoms. The Hall–Kier alpha value is -4.75. The van der Waals surface area contributed by atoms with Crippen LogP contribution in [0.15, 0.2) is 128 Å². The third-order valence-electron chi connectivity index (χ3n) is 10.1. The van der Waals surface area contributed by atoms with Gasteiger partial charge in [0, 0.05) is 11.8 Å². The van der Waals surface area contributed by atoms with Crippen molar-refractivity contribution in [2.75, 3.05) is 0 Å². The van der Waals surface area contributed by atoms with Gasteiger partial charge in [-0.1, -0.05) is 145 Å². The van der Waals surface area contributed by atoms with Crippen LogP contribution in [0.3, 0.4) is 0 Å². The van der Waals surface area contributed by atoms with Crippen molar-refractivity contribution in [3.05, 3.63) is 161 Å². The molecule has 0 saturated heterocycles. The fourth-order valence-electron chi connectivity index (χ4n) is 7.66. The van der Waals surface area contributed by atoms with Crippen LogP contribution in [-0.2, 0) is 16.2 Å². The highest BCUT2D eigenvalue weighted by Crippen LogP contribution is 2.63. The minimum atomic E-state index is -0.386. The summed E-state index contributed by atoms with van der Waals surface area (Å²) in [6.07, 6.45) is 1.86. The number of benzene rings is 5. The van der Waals surface area contributed by atoms with E-state index in [1.807, 2.05) is 18.3 Å². The van der Waals surface area contributed by atoms with Crippen molar-refractivity contribution in [2.45, 2.75) is 57.8 Å². The average molecular weight is 582 g/mol. The molecule has 1 nitrogen and oxygen atoms in total. The summed E-state index contributed by atoms with van der Waals surface area (Å²) in [5.41, 5.74) is 18.0. The van der Waals surface area contributed by atoms with Gasteiger partial charge in [-0.25, -0.2) is 0 Å². The molecule has 0 atom stereocenters. The molecule has 2 aliphatic carbocycles. The monoisotopic (exact) mass is 581 g/mol. The Balaban J connectivity index is 1.41. The molecule has 5 aromatic carbocycles. The second-order valence-electron chi connectivity index (χ2n) is 14.9. The van der Waals surface area contributed by atoms with Gasteiger partial charge in [0.25, 0.3) is 0 Å². The molecule has 2 aliphatic rings. The first kappa shape index (κ1) is 27.8. The molecule has 0 N–H and O–H groups in total. The lowest BCUT2D eigenvalue weighted by atomic mass is 9.68. The maximum atomic E-state index is 4.56. The lowest BCUT2D eigenvalue weighted by Gasteiger charge is -2.33. The first-order chi connectivity index (χ1) is 21.6. The molecule has 220 valence electrons. The van der Waals surface area contributed by atoms with Crippen LogP contribution in [-0.4, -0.2) is 4.98 Å². The van der Waals surface area contributed by atoms with Crippen LogP contribution in [0.2, 0.25) is 0 Å². The molecule has 0 bridgehead atoms. The molecule has 0 amide bonds. The van der Waals surface area contributed by atoms with E-state index in [-0.39, 0.29) is 16.2 Å². The molecule has 45 heavy (non-hydrogen) atoms. The molecule has 0 aliphatic heterocycles. The zero-order chi connectivity index (χ0) is 31.1. The third kappa shape index (κ3) is 4.10. The van der Waals surface area contributed by atoms with Crippen molar-refractivity contribution >= 4 is 0 Å². The zero-order valence-electron chi connectivity index (χ0n) is 27.1. The van der Waals surface area contributed by atoms with Gasteiger partial charge >= 0.3 is 0 Å². The Morgan fingerprint density at radius 2 is 0.911 bits per heavy atom. The van der Waals surface area contributed by atoms with Gasteiger partial charge < -0.3 is 0 Å². The van der Waals surface area contributed by atoms with Gasteiger partial charge in [-0.15, -0.1) is 0 Å². The molecular formula is C44H39N. The lowest BCUT2D eigenvalue weighted by Crippen LogP contribution is -2.27. The largest absolute Gasteiger partial charge is 0.256 e. The van der Waals surface area contributed by atoms with Crippen LogP contribution in [0.1, 0.15) is 74.9 Å². The first-order valence-corrected chi connectivity index (χ1v) is 16.1. The van der Waals surface area contributed by atoms with Crippen molar-refractivity contribution in [3.63, 3.8) is 0 Å². The Morgan fingerprint density at radius 3 is 1.49 bits per heavy atom. The Morgan fingerprint density at radius 1 is 0.422 bits per heavy atom. The van der Waals surface area contributed by atoms with Gasteiger partial charge in [0.15, 0.2) is 0 Å². The average Bonchev–Trinajstić information content (AvgIpc) is 3.50. The SMILES string of the molecule is CC(C)(C)c1ccc2c(c1)C1(c3ccccc3-c3ccc(-c4ccc(-c5ccccn5)cc4)cc31)c1cc(C(C)(C)C)ccc1-2. The van der Waals surface area contributed by atoms with Crippen LogP contribution in [0.4, 0.5) is 0 Å². The summed E-state index contributed by atoms with van der Waals surface area (Å²) >= 11 is 0. The zero-order valence-corrected chi connectivity index (χ0v) is 27.1. The van der Waals surface area contributed by atoms with Gasteiger partial charge in [-0.3, -0.25) is 4.98 Å². The maximum absolute atomic E-state index is 4.56. The molecule has 0 saturated carbocycles. The normalized spacial score (nSPS) is 14.2. The minimum absolute atomic E-state index is 0.0414. The number of rotatable bonds is 2. The number of fused-ring (bicyclic) bond motifs is 10. The summed E-state index contributed by atoms with van der Waals surface area (Å²) in [4.78, 5) is 4.56. The first-order valence-electron chi connectivity index (χ1n) is 16.1. The Bertz CT molecular complexity index is 2040. The number of pyridine rings is 1. The number of hydrogen-bond donors (Lipinski definition) is 0. The Labute approximate surface area is 267 Å². The molecule has 1 heterocycles. The van der Waals surface area contributed by atoms with Crippen LogP contribution in [0, 0.1) is 0 Å². The smallest absolute Gasteiger partial charge is 0.0725 e. The summed E-state index contributed by atoms with van der Waals surface area (Å²) in [6.45, 7) is 13.9. The van der Waals surface area contributed by atoms with Gasteiger partial charge in [-0.2, -0.15) is 0 Å². The van der Waals surface area contributed by atoms with E-state index in [0.29, 0.717) is 0 Å². The third-order valence-corrected chi connectivity index (χ3v) is 10.1. The highest BCUT2D eigenvalue weighted by atomic mass is 14.7. The van der Waals surface area contributed by atoms with Crippen molar-refractivity contribution in [2.24, 2.45) is 0 Å². The van der Waals surface area contributed by atoms with Gasteiger partial charge in [0.05, 0.1) is 11.1 Å². The number of nitrogens with zero attached hydrogens (tertiary/aromatic N) is 1. The number of hydrogen-bond acceptors (Lipinski definition) is 1. The standard InChI is InChI=1S/C44H39N/c1-42(2,3)31-19-22-35-36-23-20-32(43(4,5)6)27-40(36)44(39(35)26-31)37-12-8-7-11-33(37)34-21-18-30(25-38(34)44)28-14-16-29(17-15-28)41-13-9-10-24-45-41/h7-27H,1-6H3. The van der Waals surface area contributed by atoms with E-state index in [4.69, 9.17) is 0 Å². The fourth-order valence-corrected chi connectivity index (χ4v) is 7.66. The summed E-state index contributed by atoms with van der Waals surface area (Å²) in [5.74, 6) is 0. The molecule has 0 unspecified atom stereocenters. The second-order valence-corrected chi connectivity index (χ2v) is 14.9. The van der Waals surface area contributed by atoms with Crippen molar-refractivity contribution < 1.29 is 0 Å². The summed E-state index contributed by atoms with van der Waals surface area (Å²) < 4.78 is 0. The van der Waals surface area contributed by atoms with Gasteiger partial charge in [0.1, 0.15) is 0 Å². The summed E-state index contributed by atoms with van der Waals surface area (Å²) in [7, 11) is 0. The highest BCUT2D eigenvalue weighted by molar-refractivity contribution is 5.96. The number of aromatic nitrogens is 1. The predicted molar refractivity (Wildman–Crippen MR) is 189 cm³/mol. The van der Waals surface area contributed by atoms with E-state index >= 15 is 0 Å². The summed E-state index contributed by atoms with van der Waals surface area (Å²) in [6, 6.07) is 45.7. The molecule has 1 aromatic heterocycles. The molecular weight excluding hydrogens is 542 g/mol. The van der Waals surface area contributed by atoms with E-state index in [1.165, 1.54) is 66.8 Å². The lowest BCUT2D eigenvalue weighted by molar-refractivity contribution is 0.586. The van der Waals surface area contributed by atoms with Crippen molar-refractivity contribution in [3.8, 4) is 44.6 Å². The van der Waals surface area contributed by atoms with Crippen LogP contribution < -0.4 is 0 Å². The molecule has 8 rings (SSSR count). The summed E-state index contributed by atoms with van der Waals surface area (Å²) in [5, 5.41) is 0. The maximum Gasteiger partial charge on any atom is 0.0725 e. The second kappa shape index (κ2) is 9.62. The van der Waals surface area contributed by atoms with E-state index in [1.54, 1.807) is 0 Å². The Kier molecular flexibility index (Phi) is 5.94. The van der Waals surface area contributed by atoms with E-state index in [9.17, 15) is 0 Å². The van der Waals surface area contributed by atoms with Crippen molar-refractivity contribution in [1.29, 1.82) is 0 Å². The van der Waals surface area contributed by atoms with E-state index in [2.05, 4.69) is 156 Å². The van der Waals surface area contributed by atoms with E-state index in [0.717, 1.165) is 11.3 Å². The van der Waals surface area contributed by atoms with Gasteiger partial charge in [-0.05, 0) is 95.8 Å². The predicted octanol–water partition coefficient (Wildman–Crippen LogP) is 11.4. The van der Waals surface area contributed by atoms with Crippen LogP contribution in [0.5, 0.6) is 0 Å². The van der Waals surface area contributed by atoms with Crippen LogP contribution in [0.25, 0.3) is 44.6 Å². The van der Waals surface area contributed by atoms with E-state index < -0.39 is 0 Å².